The lowest BCUT2D eigenvalue weighted by Gasteiger charge is -2.17. The molecule has 0 aliphatic carbocycles. The number of rotatable bonds is 3. The van der Waals surface area contributed by atoms with Gasteiger partial charge in [-0.05, 0) is 63.1 Å². The van der Waals surface area contributed by atoms with Crippen LogP contribution in [0.4, 0.5) is 18.9 Å². The number of benzene rings is 3. The van der Waals surface area contributed by atoms with Gasteiger partial charge in [0.15, 0.2) is 0 Å². The molecule has 1 aromatic heterocycles. The SMILES string of the molecule is Cc1ccc(-c2nc3c(C)cc(C)cc3c(C(=O)Nc3cccc(C(F)(F)F)c3)c2C)cc1. The molecule has 0 unspecified atom stereocenters. The zero-order valence-corrected chi connectivity index (χ0v) is 18.8. The summed E-state index contributed by atoms with van der Waals surface area (Å²) in [5.41, 5.74) is 5.56. The Morgan fingerprint density at radius 2 is 1.58 bits per heavy atom. The minimum absolute atomic E-state index is 0.0837. The van der Waals surface area contributed by atoms with Crippen molar-refractivity contribution in [3.05, 3.63) is 94.0 Å². The van der Waals surface area contributed by atoms with Crippen molar-refractivity contribution in [1.29, 1.82) is 0 Å². The maximum absolute atomic E-state index is 13.4. The van der Waals surface area contributed by atoms with Crippen molar-refractivity contribution in [2.45, 2.75) is 33.9 Å². The molecule has 4 aromatic rings. The third kappa shape index (κ3) is 4.46. The highest BCUT2D eigenvalue weighted by atomic mass is 19.4. The number of amides is 1. The number of hydrogen-bond donors (Lipinski definition) is 1. The summed E-state index contributed by atoms with van der Waals surface area (Å²) in [5, 5.41) is 3.34. The quantitative estimate of drug-likeness (QED) is 0.355. The molecule has 0 radical (unpaired) electrons. The van der Waals surface area contributed by atoms with Crippen LogP contribution in [0, 0.1) is 27.7 Å². The zero-order valence-electron chi connectivity index (χ0n) is 18.8. The predicted molar refractivity (Wildman–Crippen MR) is 126 cm³/mol. The largest absolute Gasteiger partial charge is 0.416 e. The van der Waals surface area contributed by atoms with Gasteiger partial charge in [0.05, 0.1) is 22.3 Å². The van der Waals surface area contributed by atoms with Crippen LogP contribution in [0.15, 0.2) is 60.7 Å². The highest BCUT2D eigenvalue weighted by Gasteiger charge is 2.30. The second-order valence-corrected chi connectivity index (χ2v) is 8.34. The van der Waals surface area contributed by atoms with E-state index in [2.05, 4.69) is 5.32 Å². The average Bonchev–Trinajstić information content (AvgIpc) is 2.73. The van der Waals surface area contributed by atoms with Gasteiger partial charge in [-0.1, -0.05) is 47.5 Å². The minimum atomic E-state index is -4.49. The summed E-state index contributed by atoms with van der Waals surface area (Å²) in [6.07, 6.45) is -4.49. The number of pyridine rings is 1. The minimum Gasteiger partial charge on any atom is -0.322 e. The average molecular weight is 448 g/mol. The number of aryl methyl sites for hydroxylation is 3. The van der Waals surface area contributed by atoms with E-state index in [1.165, 1.54) is 12.1 Å². The third-order valence-corrected chi connectivity index (χ3v) is 5.67. The number of aromatic nitrogens is 1. The Morgan fingerprint density at radius 1 is 0.879 bits per heavy atom. The van der Waals surface area contributed by atoms with E-state index in [1.54, 1.807) is 0 Å². The standard InChI is InChI=1S/C27H23F3N2O/c1-15-8-10-19(11-9-15)25-18(4)23(22-13-16(2)12-17(3)24(22)32-25)26(33)31-21-7-5-6-20(14-21)27(28,29)30/h5-14H,1-4H3,(H,31,33). The van der Waals surface area contributed by atoms with Crippen molar-refractivity contribution in [3.8, 4) is 11.3 Å². The van der Waals surface area contributed by atoms with E-state index in [4.69, 9.17) is 4.98 Å². The van der Waals surface area contributed by atoms with Crippen molar-refractivity contribution < 1.29 is 18.0 Å². The first kappa shape index (κ1) is 22.5. The second kappa shape index (κ2) is 8.35. The maximum Gasteiger partial charge on any atom is 0.416 e. The Labute approximate surface area is 190 Å². The van der Waals surface area contributed by atoms with Crippen molar-refractivity contribution >= 4 is 22.5 Å². The highest BCUT2D eigenvalue weighted by Crippen LogP contribution is 2.34. The Bertz CT molecular complexity index is 1370. The monoisotopic (exact) mass is 448 g/mol. The van der Waals surface area contributed by atoms with Crippen LogP contribution >= 0.6 is 0 Å². The Hall–Kier alpha value is -3.67. The predicted octanol–water partition coefficient (Wildman–Crippen LogP) is 7.41. The number of carbonyl (C=O) groups is 1. The third-order valence-electron chi connectivity index (χ3n) is 5.67. The fraction of sp³-hybridized carbons (Fsp3) is 0.185. The highest BCUT2D eigenvalue weighted by molar-refractivity contribution is 6.15. The van der Waals surface area contributed by atoms with Crippen molar-refractivity contribution in [2.24, 2.45) is 0 Å². The second-order valence-electron chi connectivity index (χ2n) is 8.34. The Morgan fingerprint density at radius 3 is 2.24 bits per heavy atom. The molecule has 0 fully saturated rings. The molecule has 1 heterocycles. The van der Waals surface area contributed by atoms with Crippen LogP contribution in [0.5, 0.6) is 0 Å². The molecule has 0 saturated heterocycles. The summed E-state index contributed by atoms with van der Waals surface area (Å²) in [6.45, 7) is 7.68. The summed E-state index contributed by atoms with van der Waals surface area (Å²) in [4.78, 5) is 18.3. The molecule has 3 aromatic carbocycles. The molecule has 33 heavy (non-hydrogen) atoms. The summed E-state index contributed by atoms with van der Waals surface area (Å²) < 4.78 is 39.4. The Kier molecular flexibility index (Phi) is 5.70. The number of nitrogens with one attached hydrogen (secondary N) is 1. The van der Waals surface area contributed by atoms with E-state index in [9.17, 15) is 18.0 Å². The number of fused-ring (bicyclic) bond motifs is 1. The molecule has 1 amide bonds. The molecule has 3 nitrogen and oxygen atoms in total. The van der Waals surface area contributed by atoms with Crippen LogP contribution < -0.4 is 5.32 Å². The molecule has 0 bridgehead atoms. The summed E-state index contributed by atoms with van der Waals surface area (Å²) in [7, 11) is 0. The lowest BCUT2D eigenvalue weighted by Crippen LogP contribution is -2.16. The number of hydrogen-bond acceptors (Lipinski definition) is 2. The van der Waals surface area contributed by atoms with Crippen LogP contribution in [0.1, 0.15) is 38.2 Å². The number of halogens is 3. The molecule has 1 N–H and O–H groups in total. The van der Waals surface area contributed by atoms with Gasteiger partial charge in [0.2, 0.25) is 0 Å². The lowest BCUT2D eigenvalue weighted by molar-refractivity contribution is -0.137. The van der Waals surface area contributed by atoms with Gasteiger partial charge in [-0.2, -0.15) is 13.2 Å². The maximum atomic E-state index is 13.4. The van der Waals surface area contributed by atoms with Crippen molar-refractivity contribution in [2.75, 3.05) is 5.32 Å². The lowest BCUT2D eigenvalue weighted by atomic mass is 9.94. The molecular formula is C27H23F3N2O. The molecular weight excluding hydrogens is 425 g/mol. The molecule has 6 heteroatoms. The van der Waals surface area contributed by atoms with E-state index in [0.29, 0.717) is 27.7 Å². The van der Waals surface area contributed by atoms with E-state index in [0.717, 1.165) is 34.4 Å². The zero-order chi connectivity index (χ0) is 23.9. The van der Waals surface area contributed by atoms with Gasteiger partial charge in [0.25, 0.3) is 5.91 Å². The van der Waals surface area contributed by atoms with Crippen molar-refractivity contribution in [3.63, 3.8) is 0 Å². The first-order chi connectivity index (χ1) is 15.5. The van der Waals surface area contributed by atoms with Gasteiger partial charge in [0.1, 0.15) is 0 Å². The number of anilines is 1. The van der Waals surface area contributed by atoms with Crippen LogP contribution in [0.25, 0.3) is 22.2 Å². The molecule has 0 aliphatic rings. The smallest absolute Gasteiger partial charge is 0.322 e. The first-order valence-electron chi connectivity index (χ1n) is 10.5. The van der Waals surface area contributed by atoms with Crippen LogP contribution in [-0.4, -0.2) is 10.9 Å². The number of alkyl halides is 3. The molecule has 0 saturated carbocycles. The van der Waals surface area contributed by atoms with Gasteiger partial charge in [-0.25, -0.2) is 4.98 Å². The van der Waals surface area contributed by atoms with Crippen LogP contribution in [0.3, 0.4) is 0 Å². The van der Waals surface area contributed by atoms with Gasteiger partial charge in [-0.3, -0.25) is 4.79 Å². The molecule has 0 spiro atoms. The molecule has 0 atom stereocenters. The Balaban J connectivity index is 1.89. The summed E-state index contributed by atoms with van der Waals surface area (Å²) in [6, 6.07) is 16.4. The van der Waals surface area contributed by atoms with Gasteiger partial charge in [0, 0.05) is 16.6 Å². The van der Waals surface area contributed by atoms with Crippen LogP contribution in [-0.2, 0) is 6.18 Å². The van der Waals surface area contributed by atoms with Gasteiger partial charge < -0.3 is 5.32 Å². The van der Waals surface area contributed by atoms with Gasteiger partial charge >= 0.3 is 6.18 Å². The van der Waals surface area contributed by atoms with Gasteiger partial charge in [-0.15, -0.1) is 0 Å². The number of nitrogens with zero attached hydrogens (tertiary/aromatic N) is 1. The van der Waals surface area contributed by atoms with E-state index < -0.39 is 17.6 Å². The fourth-order valence-corrected chi connectivity index (χ4v) is 4.07. The topological polar surface area (TPSA) is 42.0 Å². The number of carbonyl (C=O) groups excluding carboxylic acids is 1. The first-order valence-corrected chi connectivity index (χ1v) is 10.5. The molecule has 0 aliphatic heterocycles. The normalized spacial score (nSPS) is 11.6. The van der Waals surface area contributed by atoms with E-state index >= 15 is 0 Å². The summed E-state index contributed by atoms with van der Waals surface area (Å²) >= 11 is 0. The van der Waals surface area contributed by atoms with Crippen LogP contribution in [0.2, 0.25) is 0 Å². The van der Waals surface area contributed by atoms with Crippen molar-refractivity contribution in [1.82, 2.24) is 4.98 Å². The summed E-state index contributed by atoms with van der Waals surface area (Å²) in [5.74, 6) is -0.474. The van der Waals surface area contributed by atoms with E-state index in [-0.39, 0.29) is 5.69 Å². The van der Waals surface area contributed by atoms with E-state index in [1.807, 2.05) is 64.1 Å². The fourth-order valence-electron chi connectivity index (χ4n) is 4.07. The molecule has 4 rings (SSSR count). The molecule has 168 valence electrons.